The van der Waals surface area contributed by atoms with Gasteiger partial charge in [0.2, 0.25) is 5.91 Å². The van der Waals surface area contributed by atoms with E-state index in [1.807, 2.05) is 54.5 Å². The van der Waals surface area contributed by atoms with Crippen LogP contribution in [-0.2, 0) is 4.79 Å². The van der Waals surface area contributed by atoms with Gasteiger partial charge in [0.05, 0.1) is 17.6 Å². The van der Waals surface area contributed by atoms with Crippen molar-refractivity contribution >= 4 is 23.3 Å². The first kappa shape index (κ1) is 22.2. The van der Waals surface area contributed by atoms with E-state index in [2.05, 4.69) is 23.7 Å². The van der Waals surface area contributed by atoms with Crippen molar-refractivity contribution < 1.29 is 4.79 Å². The number of piperazine rings is 1. The molecule has 0 radical (unpaired) electrons. The molecular formula is C25H28ClN5O. The first-order valence-corrected chi connectivity index (χ1v) is 11.4. The Morgan fingerprint density at radius 2 is 1.75 bits per heavy atom. The van der Waals surface area contributed by atoms with E-state index in [0.717, 1.165) is 47.0 Å². The number of anilines is 1. The number of amides is 1. The van der Waals surface area contributed by atoms with Gasteiger partial charge in [-0.2, -0.15) is 0 Å². The van der Waals surface area contributed by atoms with Gasteiger partial charge in [-0.1, -0.05) is 37.6 Å². The van der Waals surface area contributed by atoms with Gasteiger partial charge in [0.1, 0.15) is 5.82 Å². The van der Waals surface area contributed by atoms with Gasteiger partial charge >= 0.3 is 0 Å². The van der Waals surface area contributed by atoms with Crippen molar-refractivity contribution in [2.45, 2.75) is 27.2 Å². The Balaban J connectivity index is 1.64. The second kappa shape index (κ2) is 9.65. The monoisotopic (exact) mass is 449 g/mol. The van der Waals surface area contributed by atoms with Crippen LogP contribution >= 0.6 is 11.6 Å². The highest BCUT2D eigenvalue weighted by Crippen LogP contribution is 2.32. The molecule has 2 aromatic heterocycles. The first-order valence-electron chi connectivity index (χ1n) is 11.0. The molecule has 0 bridgehead atoms. The van der Waals surface area contributed by atoms with Gasteiger partial charge in [-0.05, 0) is 36.6 Å². The van der Waals surface area contributed by atoms with E-state index >= 15 is 0 Å². The van der Waals surface area contributed by atoms with Gasteiger partial charge in [0.15, 0.2) is 0 Å². The lowest BCUT2D eigenvalue weighted by Gasteiger charge is -2.35. The van der Waals surface area contributed by atoms with E-state index in [-0.39, 0.29) is 5.91 Å². The smallest absolute Gasteiger partial charge is 0.222 e. The number of benzene rings is 1. The maximum Gasteiger partial charge on any atom is 0.222 e. The number of hydrogen-bond acceptors (Lipinski definition) is 5. The summed E-state index contributed by atoms with van der Waals surface area (Å²) < 4.78 is 0. The maximum atomic E-state index is 12.4. The Bertz CT molecular complexity index is 1090. The number of carbonyl (C=O) groups excluding carboxylic acids is 1. The van der Waals surface area contributed by atoms with Crippen LogP contribution in [0.3, 0.4) is 0 Å². The molecule has 0 N–H and O–H groups in total. The predicted molar refractivity (Wildman–Crippen MR) is 129 cm³/mol. The summed E-state index contributed by atoms with van der Waals surface area (Å²) in [7, 11) is 0. The number of nitrogens with zero attached hydrogens (tertiary/aromatic N) is 5. The molecular weight excluding hydrogens is 422 g/mol. The summed E-state index contributed by atoms with van der Waals surface area (Å²) in [5.74, 6) is 1.43. The Labute approximate surface area is 194 Å². The molecule has 1 saturated heterocycles. The highest BCUT2D eigenvalue weighted by Gasteiger charge is 2.24. The lowest BCUT2D eigenvalue weighted by Crippen LogP contribution is -2.49. The fourth-order valence-electron chi connectivity index (χ4n) is 3.94. The second-order valence-electron chi connectivity index (χ2n) is 8.59. The summed E-state index contributed by atoms with van der Waals surface area (Å²) in [6, 6.07) is 9.63. The molecule has 0 saturated carbocycles. The molecule has 1 amide bonds. The normalized spacial score (nSPS) is 14.2. The fourth-order valence-corrected chi connectivity index (χ4v) is 4.07. The first-order chi connectivity index (χ1) is 15.4. The van der Waals surface area contributed by atoms with E-state index in [9.17, 15) is 4.79 Å². The summed E-state index contributed by atoms with van der Waals surface area (Å²) in [4.78, 5) is 30.7. The molecule has 0 atom stereocenters. The van der Waals surface area contributed by atoms with Crippen LogP contribution in [0.25, 0.3) is 22.5 Å². The number of aryl methyl sites for hydroxylation is 1. The molecule has 4 rings (SSSR count). The third kappa shape index (κ3) is 4.91. The predicted octanol–water partition coefficient (Wildman–Crippen LogP) is 4.86. The minimum absolute atomic E-state index is 0.233. The van der Waals surface area contributed by atoms with Crippen molar-refractivity contribution in [2.75, 3.05) is 31.1 Å². The third-order valence-electron chi connectivity index (χ3n) is 5.69. The molecule has 3 aromatic rings. The SMILES string of the molecule is Cc1cnccc1-c1nc(N2CCN(C(=O)CC(C)C)CC2)cnc1-c1ccc(Cl)cc1. The summed E-state index contributed by atoms with van der Waals surface area (Å²) in [6.45, 7) is 9.08. The van der Waals surface area contributed by atoms with Crippen LogP contribution in [0, 0.1) is 12.8 Å². The molecule has 3 heterocycles. The van der Waals surface area contributed by atoms with Gasteiger partial charge in [0, 0.05) is 61.1 Å². The fraction of sp³-hybridized carbons (Fsp3) is 0.360. The maximum absolute atomic E-state index is 12.4. The molecule has 1 aromatic carbocycles. The van der Waals surface area contributed by atoms with E-state index in [4.69, 9.17) is 21.6 Å². The van der Waals surface area contributed by atoms with Crippen LogP contribution in [0.15, 0.2) is 48.9 Å². The molecule has 1 aliphatic rings. The molecule has 6 nitrogen and oxygen atoms in total. The number of carbonyl (C=O) groups is 1. The zero-order chi connectivity index (χ0) is 22.7. The molecule has 7 heteroatoms. The average molecular weight is 450 g/mol. The quantitative estimate of drug-likeness (QED) is 0.556. The van der Waals surface area contributed by atoms with Crippen LogP contribution in [0.2, 0.25) is 5.02 Å². The molecule has 0 aliphatic carbocycles. The zero-order valence-electron chi connectivity index (χ0n) is 18.8. The van der Waals surface area contributed by atoms with Crippen molar-refractivity contribution in [1.82, 2.24) is 19.9 Å². The molecule has 166 valence electrons. The highest BCUT2D eigenvalue weighted by molar-refractivity contribution is 6.30. The minimum Gasteiger partial charge on any atom is -0.352 e. The summed E-state index contributed by atoms with van der Waals surface area (Å²) in [6.07, 6.45) is 6.05. The van der Waals surface area contributed by atoms with Crippen LogP contribution < -0.4 is 4.90 Å². The molecule has 0 spiro atoms. The molecule has 1 aliphatic heterocycles. The molecule has 0 unspecified atom stereocenters. The number of rotatable bonds is 5. The Morgan fingerprint density at radius 3 is 2.41 bits per heavy atom. The van der Waals surface area contributed by atoms with E-state index < -0.39 is 0 Å². The second-order valence-corrected chi connectivity index (χ2v) is 9.03. The lowest BCUT2D eigenvalue weighted by molar-refractivity contribution is -0.132. The Hall–Kier alpha value is -2.99. The topological polar surface area (TPSA) is 62.2 Å². The third-order valence-corrected chi connectivity index (χ3v) is 5.94. The number of pyridine rings is 1. The largest absolute Gasteiger partial charge is 0.352 e. The minimum atomic E-state index is 0.233. The van der Waals surface area contributed by atoms with Gasteiger partial charge in [-0.3, -0.25) is 14.8 Å². The van der Waals surface area contributed by atoms with Gasteiger partial charge < -0.3 is 9.80 Å². The standard InChI is InChI=1S/C25H28ClN5O/c1-17(2)14-23(32)31-12-10-30(11-13-31)22-16-28-24(19-4-6-20(26)7-5-19)25(29-22)21-8-9-27-15-18(21)3/h4-9,15-17H,10-14H2,1-3H3. The Morgan fingerprint density at radius 1 is 1.03 bits per heavy atom. The highest BCUT2D eigenvalue weighted by atomic mass is 35.5. The van der Waals surface area contributed by atoms with Crippen molar-refractivity contribution in [3.05, 3.63) is 59.5 Å². The summed E-state index contributed by atoms with van der Waals surface area (Å²) >= 11 is 6.09. The van der Waals surface area contributed by atoms with Gasteiger partial charge in [0.25, 0.3) is 0 Å². The van der Waals surface area contributed by atoms with Crippen molar-refractivity contribution in [3.8, 4) is 22.5 Å². The zero-order valence-corrected chi connectivity index (χ0v) is 19.5. The van der Waals surface area contributed by atoms with Crippen LogP contribution in [-0.4, -0.2) is 51.9 Å². The van der Waals surface area contributed by atoms with Crippen LogP contribution in [0.5, 0.6) is 0 Å². The molecule has 1 fully saturated rings. The Kier molecular flexibility index (Phi) is 6.70. The van der Waals surface area contributed by atoms with E-state index in [1.54, 1.807) is 6.20 Å². The lowest BCUT2D eigenvalue weighted by atomic mass is 10.0. The summed E-state index contributed by atoms with van der Waals surface area (Å²) in [5.41, 5.74) is 4.64. The van der Waals surface area contributed by atoms with Gasteiger partial charge in [-0.25, -0.2) is 4.98 Å². The van der Waals surface area contributed by atoms with Crippen molar-refractivity contribution in [1.29, 1.82) is 0 Å². The summed E-state index contributed by atoms with van der Waals surface area (Å²) in [5, 5.41) is 0.685. The van der Waals surface area contributed by atoms with Crippen molar-refractivity contribution in [3.63, 3.8) is 0 Å². The van der Waals surface area contributed by atoms with Crippen molar-refractivity contribution in [2.24, 2.45) is 5.92 Å². The number of aromatic nitrogens is 3. The van der Waals surface area contributed by atoms with Crippen LogP contribution in [0.4, 0.5) is 5.82 Å². The average Bonchev–Trinajstić information content (AvgIpc) is 2.79. The van der Waals surface area contributed by atoms with Crippen LogP contribution in [0.1, 0.15) is 25.8 Å². The molecule has 32 heavy (non-hydrogen) atoms. The van der Waals surface area contributed by atoms with E-state index in [1.165, 1.54) is 0 Å². The number of hydrogen-bond donors (Lipinski definition) is 0. The number of halogens is 1. The van der Waals surface area contributed by atoms with E-state index in [0.29, 0.717) is 30.5 Å². The van der Waals surface area contributed by atoms with Gasteiger partial charge in [-0.15, -0.1) is 0 Å².